The van der Waals surface area contributed by atoms with E-state index in [2.05, 4.69) is 41.6 Å². The fourth-order valence-corrected chi connectivity index (χ4v) is 2.38. The monoisotopic (exact) mass is 273 g/mol. The summed E-state index contributed by atoms with van der Waals surface area (Å²) in [7, 11) is 3.68. The summed E-state index contributed by atoms with van der Waals surface area (Å²) in [6.45, 7) is 2.85. The minimum atomic E-state index is 0.257. The van der Waals surface area contributed by atoms with E-state index in [1.165, 1.54) is 11.1 Å². The van der Waals surface area contributed by atoms with E-state index in [0.717, 1.165) is 6.42 Å². The van der Waals surface area contributed by atoms with Crippen molar-refractivity contribution in [1.82, 2.24) is 15.1 Å². The molecule has 4 nitrogen and oxygen atoms in total. The van der Waals surface area contributed by atoms with Crippen molar-refractivity contribution >= 4 is 0 Å². The molecule has 0 unspecified atom stereocenters. The second-order valence-electron chi connectivity index (χ2n) is 5.18. The van der Waals surface area contributed by atoms with Gasteiger partial charge in [0, 0.05) is 38.0 Å². The minimum absolute atomic E-state index is 0.257. The van der Waals surface area contributed by atoms with Gasteiger partial charge in [0.25, 0.3) is 0 Å². The lowest BCUT2D eigenvalue weighted by Crippen LogP contribution is -2.36. The van der Waals surface area contributed by atoms with Gasteiger partial charge in [-0.1, -0.05) is 30.3 Å². The van der Waals surface area contributed by atoms with E-state index >= 15 is 0 Å². The first-order chi connectivity index (χ1) is 9.69. The highest BCUT2D eigenvalue weighted by atomic mass is 16.5. The van der Waals surface area contributed by atoms with Crippen molar-refractivity contribution in [3.05, 3.63) is 53.9 Å². The van der Waals surface area contributed by atoms with Crippen LogP contribution in [0.5, 0.6) is 0 Å². The number of methoxy groups -OCH3 is 1. The summed E-state index contributed by atoms with van der Waals surface area (Å²) in [4.78, 5) is 0. The molecule has 1 aromatic heterocycles. The van der Waals surface area contributed by atoms with E-state index in [9.17, 15) is 0 Å². The largest absolute Gasteiger partial charge is 0.383 e. The summed E-state index contributed by atoms with van der Waals surface area (Å²) >= 11 is 0. The maximum absolute atomic E-state index is 5.33. The quantitative estimate of drug-likeness (QED) is 0.841. The fraction of sp³-hybridized carbons (Fsp3) is 0.438. The van der Waals surface area contributed by atoms with Crippen LogP contribution in [0.3, 0.4) is 0 Å². The van der Waals surface area contributed by atoms with E-state index in [4.69, 9.17) is 4.74 Å². The average Bonchev–Trinajstić information content (AvgIpc) is 2.87. The molecule has 2 atom stereocenters. The smallest absolute Gasteiger partial charge is 0.0619 e. The van der Waals surface area contributed by atoms with Crippen LogP contribution in [0.25, 0.3) is 0 Å². The first kappa shape index (κ1) is 14.8. The standard InChI is InChI=1S/C16H23N3O/c1-13(15-10-17-19(2)11-15)18-16(12-20-3)9-14-7-5-4-6-8-14/h4-8,10-11,13,16,18H,9,12H2,1-3H3/t13-,16+/m0/s1. The van der Waals surface area contributed by atoms with Crippen LogP contribution in [-0.4, -0.2) is 29.5 Å². The molecule has 0 amide bonds. The zero-order valence-electron chi connectivity index (χ0n) is 12.4. The van der Waals surface area contributed by atoms with E-state index < -0.39 is 0 Å². The first-order valence-corrected chi connectivity index (χ1v) is 6.96. The SMILES string of the molecule is COC[C@@H](Cc1ccccc1)N[C@@H](C)c1cnn(C)c1. The number of hydrogen-bond donors (Lipinski definition) is 1. The molecule has 1 aromatic carbocycles. The van der Waals surface area contributed by atoms with E-state index in [1.54, 1.807) is 7.11 Å². The zero-order chi connectivity index (χ0) is 14.4. The second-order valence-corrected chi connectivity index (χ2v) is 5.18. The number of nitrogens with zero attached hydrogens (tertiary/aromatic N) is 2. The highest BCUT2D eigenvalue weighted by Gasteiger charge is 2.15. The summed E-state index contributed by atoms with van der Waals surface area (Å²) in [5, 5.41) is 7.84. The lowest BCUT2D eigenvalue weighted by atomic mass is 10.0. The number of aryl methyl sites for hydroxylation is 1. The van der Waals surface area contributed by atoms with Crippen molar-refractivity contribution in [2.75, 3.05) is 13.7 Å². The van der Waals surface area contributed by atoms with Crippen LogP contribution in [0, 0.1) is 0 Å². The second kappa shape index (κ2) is 7.22. The third-order valence-electron chi connectivity index (χ3n) is 3.40. The summed E-state index contributed by atoms with van der Waals surface area (Å²) < 4.78 is 7.16. The number of benzene rings is 1. The Labute approximate surface area is 120 Å². The van der Waals surface area contributed by atoms with Gasteiger partial charge in [-0.3, -0.25) is 4.68 Å². The van der Waals surface area contributed by atoms with Crippen LogP contribution < -0.4 is 5.32 Å². The first-order valence-electron chi connectivity index (χ1n) is 6.96. The van der Waals surface area contributed by atoms with Gasteiger partial charge in [-0.25, -0.2) is 0 Å². The minimum Gasteiger partial charge on any atom is -0.383 e. The molecule has 0 spiro atoms. The Bertz CT molecular complexity index is 509. The van der Waals surface area contributed by atoms with Crippen LogP contribution in [0.1, 0.15) is 24.1 Å². The molecule has 1 N–H and O–H groups in total. The van der Waals surface area contributed by atoms with Gasteiger partial charge < -0.3 is 10.1 Å². The third-order valence-corrected chi connectivity index (χ3v) is 3.40. The predicted molar refractivity (Wildman–Crippen MR) is 80.6 cm³/mol. The summed E-state index contributed by atoms with van der Waals surface area (Å²) in [5.74, 6) is 0. The molecule has 1 heterocycles. The highest BCUT2D eigenvalue weighted by Crippen LogP contribution is 2.13. The molecule has 0 aliphatic heterocycles. The lowest BCUT2D eigenvalue weighted by Gasteiger charge is -2.22. The van der Waals surface area contributed by atoms with Crippen molar-refractivity contribution in [2.24, 2.45) is 7.05 Å². The molecule has 20 heavy (non-hydrogen) atoms. The Morgan fingerprint density at radius 3 is 2.65 bits per heavy atom. The third kappa shape index (κ3) is 4.18. The van der Waals surface area contributed by atoms with Gasteiger partial charge >= 0.3 is 0 Å². The van der Waals surface area contributed by atoms with Gasteiger partial charge in [-0.15, -0.1) is 0 Å². The van der Waals surface area contributed by atoms with Crippen molar-refractivity contribution in [2.45, 2.75) is 25.4 Å². The van der Waals surface area contributed by atoms with Gasteiger partial charge in [0.2, 0.25) is 0 Å². The highest BCUT2D eigenvalue weighted by molar-refractivity contribution is 5.16. The van der Waals surface area contributed by atoms with Crippen LogP contribution >= 0.6 is 0 Å². The molecule has 0 saturated carbocycles. The molecule has 2 rings (SSSR count). The maximum Gasteiger partial charge on any atom is 0.0619 e. The Morgan fingerprint density at radius 1 is 1.30 bits per heavy atom. The van der Waals surface area contributed by atoms with Crippen molar-refractivity contribution < 1.29 is 4.74 Å². The fourth-order valence-electron chi connectivity index (χ4n) is 2.38. The molecule has 0 fully saturated rings. The van der Waals surface area contributed by atoms with Crippen LogP contribution in [0.2, 0.25) is 0 Å². The predicted octanol–water partition coefficient (Wildman–Crippen LogP) is 2.33. The van der Waals surface area contributed by atoms with Gasteiger partial charge in [-0.05, 0) is 18.9 Å². The maximum atomic E-state index is 5.33. The molecule has 2 aromatic rings. The van der Waals surface area contributed by atoms with Crippen molar-refractivity contribution in [3.63, 3.8) is 0 Å². The Kier molecular flexibility index (Phi) is 5.32. The molecule has 4 heteroatoms. The van der Waals surface area contributed by atoms with E-state index in [-0.39, 0.29) is 12.1 Å². The molecule has 0 radical (unpaired) electrons. The Morgan fingerprint density at radius 2 is 2.05 bits per heavy atom. The van der Waals surface area contributed by atoms with Crippen molar-refractivity contribution in [1.29, 1.82) is 0 Å². The number of rotatable bonds is 7. The Hall–Kier alpha value is -1.65. The van der Waals surface area contributed by atoms with Crippen LogP contribution in [0.4, 0.5) is 0 Å². The Balaban J connectivity index is 1.98. The molecular weight excluding hydrogens is 250 g/mol. The summed E-state index contributed by atoms with van der Waals surface area (Å²) in [6, 6.07) is 11.0. The van der Waals surface area contributed by atoms with Crippen LogP contribution in [-0.2, 0) is 18.2 Å². The van der Waals surface area contributed by atoms with E-state index in [1.807, 2.05) is 30.2 Å². The summed E-state index contributed by atoms with van der Waals surface area (Å²) in [6.07, 6.45) is 4.91. The van der Waals surface area contributed by atoms with Gasteiger partial charge in [0.1, 0.15) is 0 Å². The van der Waals surface area contributed by atoms with Crippen LogP contribution in [0.15, 0.2) is 42.7 Å². The lowest BCUT2D eigenvalue weighted by molar-refractivity contribution is 0.161. The molecule has 0 saturated heterocycles. The topological polar surface area (TPSA) is 39.1 Å². The normalized spacial score (nSPS) is 14.2. The average molecular weight is 273 g/mol. The summed E-state index contributed by atoms with van der Waals surface area (Å²) in [5.41, 5.74) is 2.52. The van der Waals surface area contributed by atoms with Crippen molar-refractivity contribution in [3.8, 4) is 0 Å². The van der Waals surface area contributed by atoms with Gasteiger partial charge in [-0.2, -0.15) is 5.10 Å². The molecule has 0 aliphatic carbocycles. The molecule has 0 bridgehead atoms. The van der Waals surface area contributed by atoms with Gasteiger partial charge in [0.15, 0.2) is 0 Å². The molecule has 108 valence electrons. The zero-order valence-corrected chi connectivity index (χ0v) is 12.4. The number of ether oxygens (including phenoxy) is 1. The molecular formula is C16H23N3O. The van der Waals surface area contributed by atoms with E-state index in [0.29, 0.717) is 6.61 Å². The number of hydrogen-bond acceptors (Lipinski definition) is 3. The number of aromatic nitrogens is 2. The molecule has 0 aliphatic rings. The van der Waals surface area contributed by atoms with Gasteiger partial charge in [0.05, 0.1) is 12.8 Å². The number of nitrogens with one attached hydrogen (secondary N) is 1.